The molecule has 1 saturated heterocycles. The van der Waals surface area contributed by atoms with E-state index in [1.54, 1.807) is 29.2 Å². The van der Waals surface area contributed by atoms with Crippen LogP contribution in [-0.2, 0) is 4.79 Å². The minimum Gasteiger partial charge on any atom is -0.481 e. The zero-order chi connectivity index (χ0) is 17.1. The predicted molar refractivity (Wildman–Crippen MR) is 87.8 cm³/mol. The van der Waals surface area contributed by atoms with Crippen molar-refractivity contribution in [1.29, 1.82) is 0 Å². The van der Waals surface area contributed by atoms with Gasteiger partial charge in [0.25, 0.3) is 5.91 Å². The van der Waals surface area contributed by atoms with E-state index in [2.05, 4.69) is 5.16 Å². The standard InChI is InChI=1S/C17H17ClN2O4/c18-13-3-1-2-12(9-13)15-10-14(19-24-15)17(23)20-6-4-11(5-7-20)8-16(21)22/h1-3,9-11H,4-8H2,(H,21,22). The molecule has 3 rings (SSSR count). The number of carboxylic acids is 1. The Kier molecular flexibility index (Phi) is 4.85. The van der Waals surface area contributed by atoms with Gasteiger partial charge in [0.15, 0.2) is 11.5 Å². The summed E-state index contributed by atoms with van der Waals surface area (Å²) in [5, 5.41) is 13.3. The SMILES string of the molecule is O=C(O)CC1CCN(C(=O)c2cc(-c3cccc(Cl)c3)on2)CC1. The number of carbonyl (C=O) groups is 2. The monoisotopic (exact) mass is 348 g/mol. The lowest BCUT2D eigenvalue weighted by molar-refractivity contribution is -0.138. The summed E-state index contributed by atoms with van der Waals surface area (Å²) in [5.41, 5.74) is 1.01. The van der Waals surface area contributed by atoms with Gasteiger partial charge in [-0.15, -0.1) is 0 Å². The summed E-state index contributed by atoms with van der Waals surface area (Å²) >= 11 is 5.96. The first-order valence-electron chi connectivity index (χ1n) is 7.76. The van der Waals surface area contributed by atoms with Gasteiger partial charge in [-0.25, -0.2) is 0 Å². The third-order valence-electron chi connectivity index (χ3n) is 4.20. The molecular weight excluding hydrogens is 332 g/mol. The summed E-state index contributed by atoms with van der Waals surface area (Å²) < 4.78 is 5.26. The number of nitrogens with zero attached hydrogens (tertiary/aromatic N) is 2. The number of likely N-dealkylation sites (tertiary alicyclic amines) is 1. The van der Waals surface area contributed by atoms with E-state index in [1.807, 2.05) is 6.07 Å². The van der Waals surface area contributed by atoms with Crippen LogP contribution in [0.1, 0.15) is 29.8 Å². The molecule has 0 bridgehead atoms. The number of piperidine rings is 1. The van der Waals surface area contributed by atoms with Crippen molar-refractivity contribution in [2.45, 2.75) is 19.3 Å². The topological polar surface area (TPSA) is 83.6 Å². The zero-order valence-corrected chi connectivity index (χ0v) is 13.7. The third kappa shape index (κ3) is 3.76. The molecule has 1 aliphatic rings. The molecule has 7 heteroatoms. The van der Waals surface area contributed by atoms with Crippen LogP contribution in [0.4, 0.5) is 0 Å². The van der Waals surface area contributed by atoms with Crippen molar-refractivity contribution in [1.82, 2.24) is 10.1 Å². The molecule has 0 atom stereocenters. The van der Waals surface area contributed by atoms with Crippen LogP contribution in [0.25, 0.3) is 11.3 Å². The number of halogens is 1. The van der Waals surface area contributed by atoms with Crippen molar-refractivity contribution in [2.75, 3.05) is 13.1 Å². The van der Waals surface area contributed by atoms with Crippen molar-refractivity contribution in [3.8, 4) is 11.3 Å². The van der Waals surface area contributed by atoms with Crippen molar-refractivity contribution >= 4 is 23.5 Å². The molecule has 2 heterocycles. The van der Waals surface area contributed by atoms with Crippen LogP contribution in [0.15, 0.2) is 34.9 Å². The zero-order valence-electron chi connectivity index (χ0n) is 12.9. The first-order valence-corrected chi connectivity index (χ1v) is 8.14. The quantitative estimate of drug-likeness (QED) is 0.916. The van der Waals surface area contributed by atoms with E-state index in [-0.39, 0.29) is 23.9 Å². The van der Waals surface area contributed by atoms with E-state index in [1.165, 1.54) is 0 Å². The summed E-state index contributed by atoms with van der Waals surface area (Å²) in [6.07, 6.45) is 1.54. The fraction of sp³-hybridized carbons (Fsp3) is 0.353. The first-order chi connectivity index (χ1) is 11.5. The van der Waals surface area contributed by atoms with Crippen LogP contribution < -0.4 is 0 Å². The minimum atomic E-state index is -0.789. The van der Waals surface area contributed by atoms with Gasteiger partial charge in [-0.1, -0.05) is 28.9 Å². The molecule has 0 unspecified atom stereocenters. The summed E-state index contributed by atoms with van der Waals surface area (Å²) in [6.45, 7) is 1.08. The second-order valence-electron chi connectivity index (χ2n) is 5.92. The van der Waals surface area contributed by atoms with Gasteiger partial charge >= 0.3 is 5.97 Å². The Morgan fingerprint density at radius 3 is 2.71 bits per heavy atom. The van der Waals surface area contributed by atoms with Crippen molar-refractivity contribution < 1.29 is 19.2 Å². The van der Waals surface area contributed by atoms with E-state index < -0.39 is 5.97 Å². The maximum Gasteiger partial charge on any atom is 0.303 e. The van der Waals surface area contributed by atoms with Gasteiger partial charge in [-0.2, -0.15) is 0 Å². The average Bonchev–Trinajstić information content (AvgIpc) is 3.04. The fourth-order valence-corrected chi connectivity index (χ4v) is 3.09. The van der Waals surface area contributed by atoms with Gasteiger partial charge in [0, 0.05) is 36.2 Å². The number of aromatic nitrogens is 1. The molecule has 0 radical (unpaired) electrons. The molecule has 1 N–H and O–H groups in total. The van der Waals surface area contributed by atoms with Crippen molar-refractivity contribution in [2.24, 2.45) is 5.92 Å². The molecule has 1 aliphatic heterocycles. The summed E-state index contributed by atoms with van der Waals surface area (Å²) in [6, 6.07) is 8.74. The molecule has 1 fully saturated rings. The molecule has 1 aromatic heterocycles. The third-order valence-corrected chi connectivity index (χ3v) is 4.44. The molecule has 0 saturated carbocycles. The number of carbonyl (C=O) groups excluding carboxylic acids is 1. The number of aliphatic carboxylic acids is 1. The highest BCUT2D eigenvalue weighted by Gasteiger charge is 2.26. The first kappa shape index (κ1) is 16.5. The molecule has 1 aromatic carbocycles. The van der Waals surface area contributed by atoms with E-state index in [4.69, 9.17) is 21.2 Å². The molecule has 0 aliphatic carbocycles. The Morgan fingerprint density at radius 1 is 1.29 bits per heavy atom. The molecule has 6 nitrogen and oxygen atoms in total. The van der Waals surface area contributed by atoms with Crippen LogP contribution in [0.3, 0.4) is 0 Å². The Balaban J connectivity index is 1.65. The number of carboxylic acid groups (broad SMARTS) is 1. The maximum absolute atomic E-state index is 12.5. The second-order valence-corrected chi connectivity index (χ2v) is 6.36. The molecule has 126 valence electrons. The van der Waals surface area contributed by atoms with Crippen LogP contribution in [-0.4, -0.2) is 40.1 Å². The summed E-state index contributed by atoms with van der Waals surface area (Å²) in [4.78, 5) is 24.9. The number of benzene rings is 1. The molecular formula is C17H17ClN2O4. The molecule has 2 aromatic rings. The number of rotatable bonds is 4. The fourth-order valence-electron chi connectivity index (χ4n) is 2.90. The minimum absolute atomic E-state index is 0.130. The maximum atomic E-state index is 12.5. The Morgan fingerprint density at radius 2 is 2.04 bits per heavy atom. The molecule has 1 amide bonds. The summed E-state index contributed by atoms with van der Waals surface area (Å²) in [5.74, 6) is -0.365. The second kappa shape index (κ2) is 7.05. The number of amides is 1. The Hall–Kier alpha value is -2.34. The molecule has 0 spiro atoms. The summed E-state index contributed by atoms with van der Waals surface area (Å²) in [7, 11) is 0. The Bertz CT molecular complexity index is 751. The van der Waals surface area contributed by atoms with E-state index in [9.17, 15) is 9.59 Å². The van der Waals surface area contributed by atoms with Crippen LogP contribution in [0, 0.1) is 5.92 Å². The van der Waals surface area contributed by atoms with Gasteiger partial charge in [0.05, 0.1) is 0 Å². The van der Waals surface area contributed by atoms with Crippen molar-refractivity contribution in [3.05, 3.63) is 41.0 Å². The van der Waals surface area contributed by atoms with Crippen LogP contribution in [0.5, 0.6) is 0 Å². The van der Waals surface area contributed by atoms with Gasteiger partial charge in [-0.3, -0.25) is 9.59 Å². The van der Waals surface area contributed by atoms with E-state index in [0.29, 0.717) is 36.7 Å². The predicted octanol–water partition coefficient (Wildman–Crippen LogP) is 3.32. The smallest absolute Gasteiger partial charge is 0.303 e. The average molecular weight is 349 g/mol. The van der Waals surface area contributed by atoms with Crippen LogP contribution in [0.2, 0.25) is 5.02 Å². The number of hydrogen-bond donors (Lipinski definition) is 1. The highest BCUT2D eigenvalue weighted by atomic mass is 35.5. The highest BCUT2D eigenvalue weighted by molar-refractivity contribution is 6.30. The van der Waals surface area contributed by atoms with E-state index in [0.717, 1.165) is 5.56 Å². The lowest BCUT2D eigenvalue weighted by Crippen LogP contribution is -2.39. The molecule has 24 heavy (non-hydrogen) atoms. The van der Waals surface area contributed by atoms with Gasteiger partial charge in [-0.05, 0) is 30.9 Å². The normalized spacial score (nSPS) is 15.5. The van der Waals surface area contributed by atoms with E-state index >= 15 is 0 Å². The lowest BCUT2D eigenvalue weighted by atomic mass is 9.93. The lowest BCUT2D eigenvalue weighted by Gasteiger charge is -2.30. The van der Waals surface area contributed by atoms with Crippen LogP contribution >= 0.6 is 11.6 Å². The van der Waals surface area contributed by atoms with Crippen molar-refractivity contribution in [3.63, 3.8) is 0 Å². The van der Waals surface area contributed by atoms with Gasteiger partial charge in [0.1, 0.15) is 0 Å². The largest absolute Gasteiger partial charge is 0.481 e. The highest BCUT2D eigenvalue weighted by Crippen LogP contribution is 2.25. The van der Waals surface area contributed by atoms with Gasteiger partial charge < -0.3 is 14.5 Å². The Labute approximate surface area is 144 Å². The van der Waals surface area contributed by atoms with Gasteiger partial charge in [0.2, 0.25) is 0 Å². The number of hydrogen-bond acceptors (Lipinski definition) is 4.